The van der Waals surface area contributed by atoms with Crippen LogP contribution in [-0.2, 0) is 24.3 Å². The summed E-state index contributed by atoms with van der Waals surface area (Å²) in [5.74, 6) is -1.55. The zero-order chi connectivity index (χ0) is 20.0. The van der Waals surface area contributed by atoms with Crippen molar-refractivity contribution in [1.29, 1.82) is 0 Å². The van der Waals surface area contributed by atoms with Gasteiger partial charge in [0.25, 0.3) is 5.91 Å². The first-order chi connectivity index (χ1) is 12.7. The normalized spacial score (nSPS) is 15.4. The summed E-state index contributed by atoms with van der Waals surface area (Å²) in [6.07, 6.45) is 1.12. The Morgan fingerprint density at radius 1 is 1.15 bits per heavy atom. The molecule has 1 saturated heterocycles. The smallest absolute Gasteiger partial charge is 0.339 e. The minimum absolute atomic E-state index is 0.0217. The first-order valence-corrected chi connectivity index (χ1v) is 10.9. The molecule has 0 spiro atoms. The molecule has 0 radical (unpaired) electrons. The third kappa shape index (κ3) is 6.22. The molecule has 0 aromatic heterocycles. The van der Waals surface area contributed by atoms with E-state index in [2.05, 4.69) is 0 Å². The van der Waals surface area contributed by atoms with Crippen LogP contribution in [-0.4, -0.2) is 80.2 Å². The zero-order valence-corrected chi connectivity index (χ0v) is 16.4. The van der Waals surface area contributed by atoms with Crippen LogP contribution in [0.25, 0.3) is 0 Å². The molecule has 1 heterocycles. The zero-order valence-electron chi connectivity index (χ0n) is 14.8. The summed E-state index contributed by atoms with van der Waals surface area (Å²) in [4.78, 5) is 37.4. The van der Waals surface area contributed by atoms with Crippen LogP contribution < -0.4 is 5.73 Å². The Bertz CT molecular complexity index is 819. The lowest BCUT2D eigenvalue weighted by Crippen LogP contribution is -2.51. The molecule has 11 heteroatoms. The SMILES string of the molecule is CS(=O)(=O)N1CCN(C(=O)COC(=O)c2ccccc2SCC(N)=O)CC1. The molecule has 0 unspecified atom stereocenters. The number of thioether (sulfide) groups is 1. The average molecular weight is 415 g/mol. The van der Waals surface area contributed by atoms with Crippen LogP contribution in [0.3, 0.4) is 0 Å². The molecule has 148 valence electrons. The van der Waals surface area contributed by atoms with Gasteiger partial charge in [-0.1, -0.05) is 12.1 Å². The molecule has 1 aromatic carbocycles. The maximum absolute atomic E-state index is 12.3. The number of rotatable bonds is 7. The Hall–Kier alpha value is -2.11. The van der Waals surface area contributed by atoms with Crippen molar-refractivity contribution < 1.29 is 27.5 Å². The number of carbonyl (C=O) groups excluding carboxylic acids is 3. The largest absolute Gasteiger partial charge is 0.452 e. The third-order valence-electron chi connectivity index (χ3n) is 3.86. The monoisotopic (exact) mass is 415 g/mol. The number of nitrogens with zero attached hydrogens (tertiary/aromatic N) is 2. The summed E-state index contributed by atoms with van der Waals surface area (Å²) in [6, 6.07) is 6.57. The van der Waals surface area contributed by atoms with Gasteiger partial charge in [-0.15, -0.1) is 11.8 Å². The first kappa shape index (κ1) is 21.2. The highest BCUT2D eigenvalue weighted by Crippen LogP contribution is 2.23. The number of piperazine rings is 1. The molecule has 1 aliphatic rings. The van der Waals surface area contributed by atoms with Crippen molar-refractivity contribution in [3.8, 4) is 0 Å². The van der Waals surface area contributed by atoms with Crippen molar-refractivity contribution >= 4 is 39.6 Å². The Kier molecular flexibility index (Phi) is 7.22. The van der Waals surface area contributed by atoms with Gasteiger partial charge in [-0.3, -0.25) is 9.59 Å². The van der Waals surface area contributed by atoms with Gasteiger partial charge in [0.2, 0.25) is 15.9 Å². The number of benzene rings is 1. The second kappa shape index (κ2) is 9.20. The van der Waals surface area contributed by atoms with E-state index in [0.29, 0.717) is 4.90 Å². The van der Waals surface area contributed by atoms with Crippen LogP contribution in [0.5, 0.6) is 0 Å². The van der Waals surface area contributed by atoms with Crippen LogP contribution >= 0.6 is 11.8 Å². The van der Waals surface area contributed by atoms with E-state index in [-0.39, 0.29) is 37.5 Å². The van der Waals surface area contributed by atoms with Crippen LogP contribution in [0.15, 0.2) is 29.2 Å². The molecule has 0 aliphatic carbocycles. The highest BCUT2D eigenvalue weighted by atomic mass is 32.2. The molecule has 9 nitrogen and oxygen atoms in total. The Morgan fingerprint density at radius 3 is 2.37 bits per heavy atom. The first-order valence-electron chi connectivity index (χ1n) is 8.08. The van der Waals surface area contributed by atoms with Gasteiger partial charge >= 0.3 is 5.97 Å². The van der Waals surface area contributed by atoms with Crippen LogP contribution in [0.1, 0.15) is 10.4 Å². The number of nitrogens with two attached hydrogens (primary N) is 1. The van der Waals surface area contributed by atoms with Crippen molar-refractivity contribution in [3.05, 3.63) is 29.8 Å². The quantitative estimate of drug-likeness (QED) is 0.471. The van der Waals surface area contributed by atoms with Crippen molar-refractivity contribution in [2.75, 3.05) is 44.8 Å². The van der Waals surface area contributed by atoms with Crippen molar-refractivity contribution in [2.45, 2.75) is 4.90 Å². The van der Waals surface area contributed by atoms with E-state index in [1.807, 2.05) is 0 Å². The van der Waals surface area contributed by atoms with Gasteiger partial charge in [0.1, 0.15) is 0 Å². The third-order valence-corrected chi connectivity index (χ3v) is 6.26. The summed E-state index contributed by atoms with van der Waals surface area (Å²) in [5, 5.41) is 0. The molecule has 0 bridgehead atoms. The molecule has 1 fully saturated rings. The van der Waals surface area contributed by atoms with Crippen molar-refractivity contribution in [1.82, 2.24) is 9.21 Å². The lowest BCUT2D eigenvalue weighted by Gasteiger charge is -2.33. The molecular formula is C16H21N3O6S2. The summed E-state index contributed by atoms with van der Waals surface area (Å²) in [5.41, 5.74) is 5.37. The van der Waals surface area contributed by atoms with E-state index in [1.165, 1.54) is 9.21 Å². The lowest BCUT2D eigenvalue weighted by atomic mass is 10.2. The Morgan fingerprint density at radius 2 is 1.78 bits per heavy atom. The molecule has 0 saturated carbocycles. The summed E-state index contributed by atoms with van der Waals surface area (Å²) in [7, 11) is -3.28. The van der Waals surface area contributed by atoms with Crippen LogP contribution in [0, 0.1) is 0 Å². The van der Waals surface area contributed by atoms with E-state index in [9.17, 15) is 22.8 Å². The topological polar surface area (TPSA) is 127 Å². The predicted octanol–water partition coefficient (Wildman–Crippen LogP) is -0.475. The highest BCUT2D eigenvalue weighted by molar-refractivity contribution is 8.00. The van der Waals surface area contributed by atoms with Gasteiger partial charge < -0.3 is 15.4 Å². The average Bonchev–Trinajstić information content (AvgIpc) is 2.63. The fourth-order valence-corrected chi connectivity index (χ4v) is 4.08. The number of hydrogen-bond donors (Lipinski definition) is 1. The number of carbonyl (C=O) groups is 3. The maximum atomic E-state index is 12.3. The number of sulfonamides is 1. The second-order valence-electron chi connectivity index (χ2n) is 5.87. The van der Waals surface area contributed by atoms with Crippen LogP contribution in [0.2, 0.25) is 0 Å². The van der Waals surface area contributed by atoms with Gasteiger partial charge in [-0.2, -0.15) is 4.31 Å². The molecular weight excluding hydrogens is 394 g/mol. The van der Waals surface area contributed by atoms with Crippen molar-refractivity contribution in [3.63, 3.8) is 0 Å². The van der Waals surface area contributed by atoms with E-state index in [1.54, 1.807) is 24.3 Å². The van der Waals surface area contributed by atoms with E-state index < -0.39 is 34.4 Å². The fraction of sp³-hybridized carbons (Fsp3) is 0.438. The molecule has 0 atom stereocenters. The molecule has 1 aromatic rings. The number of esters is 1. The molecule has 2 amide bonds. The van der Waals surface area contributed by atoms with Crippen molar-refractivity contribution in [2.24, 2.45) is 5.73 Å². The van der Waals surface area contributed by atoms with Crippen LogP contribution in [0.4, 0.5) is 0 Å². The number of hydrogen-bond acceptors (Lipinski definition) is 7. The fourth-order valence-electron chi connectivity index (χ4n) is 2.48. The maximum Gasteiger partial charge on any atom is 0.339 e. The molecule has 1 aliphatic heterocycles. The van der Waals surface area contributed by atoms with E-state index >= 15 is 0 Å². The number of ether oxygens (including phenoxy) is 1. The van der Waals surface area contributed by atoms with Gasteiger partial charge in [0.05, 0.1) is 17.6 Å². The van der Waals surface area contributed by atoms with Gasteiger partial charge in [-0.05, 0) is 12.1 Å². The molecule has 2 rings (SSSR count). The van der Waals surface area contributed by atoms with E-state index in [0.717, 1.165) is 18.0 Å². The highest BCUT2D eigenvalue weighted by Gasteiger charge is 2.26. The lowest BCUT2D eigenvalue weighted by molar-refractivity contribution is -0.135. The van der Waals surface area contributed by atoms with Gasteiger partial charge in [-0.25, -0.2) is 13.2 Å². The van der Waals surface area contributed by atoms with Gasteiger partial charge in [0.15, 0.2) is 6.61 Å². The second-order valence-corrected chi connectivity index (χ2v) is 8.87. The Labute approximate surface area is 161 Å². The minimum atomic E-state index is -3.28. The summed E-state index contributed by atoms with van der Waals surface area (Å²) in [6.45, 7) is 0.478. The predicted molar refractivity (Wildman–Crippen MR) is 99.6 cm³/mol. The molecule has 2 N–H and O–H groups in total. The van der Waals surface area contributed by atoms with E-state index in [4.69, 9.17) is 10.5 Å². The van der Waals surface area contributed by atoms with Gasteiger partial charge in [0, 0.05) is 31.1 Å². The molecule has 27 heavy (non-hydrogen) atoms. The standard InChI is InChI=1S/C16H21N3O6S2/c1-27(23,24)19-8-6-18(7-9-19)15(21)10-25-16(22)12-4-2-3-5-13(12)26-11-14(17)20/h2-5H,6-11H2,1H3,(H2,17,20). The number of amides is 2. The summed E-state index contributed by atoms with van der Waals surface area (Å²) < 4.78 is 29.4. The number of primary amides is 1. The Balaban J connectivity index is 1.89. The minimum Gasteiger partial charge on any atom is -0.452 e. The summed E-state index contributed by atoms with van der Waals surface area (Å²) >= 11 is 1.12.